The van der Waals surface area contributed by atoms with Gasteiger partial charge in [0.25, 0.3) is 0 Å². The highest BCUT2D eigenvalue weighted by Crippen LogP contribution is 2.35. The van der Waals surface area contributed by atoms with Gasteiger partial charge in [0, 0.05) is 17.4 Å². The lowest BCUT2D eigenvalue weighted by atomic mass is 9.87. The molecule has 0 radical (unpaired) electrons. The molecule has 1 aliphatic rings. The zero-order valence-corrected chi connectivity index (χ0v) is 11.3. The smallest absolute Gasteiger partial charge is 0.225 e. The molecule has 1 heterocycles. The molecule has 1 amide bonds. The molecular weight excluding hydrogens is 268 g/mol. The highest BCUT2D eigenvalue weighted by molar-refractivity contribution is 8.02. The summed E-state index contributed by atoms with van der Waals surface area (Å²) in [6, 6.07) is 9.50. The van der Waals surface area contributed by atoms with Gasteiger partial charge in [-0.3, -0.25) is 4.79 Å². The molecule has 92 valence electrons. The molecule has 0 bridgehead atoms. The lowest BCUT2D eigenvalue weighted by Gasteiger charge is -2.24. The zero-order chi connectivity index (χ0) is 13.1. The fourth-order valence-electron chi connectivity index (χ4n) is 1.99. The van der Waals surface area contributed by atoms with E-state index in [4.69, 9.17) is 11.6 Å². The fourth-order valence-corrected chi connectivity index (χ4v) is 2.81. The van der Waals surface area contributed by atoms with Crippen LogP contribution in [0.3, 0.4) is 0 Å². The van der Waals surface area contributed by atoms with E-state index in [9.17, 15) is 10.1 Å². The summed E-state index contributed by atoms with van der Waals surface area (Å²) in [7, 11) is 0. The number of nitrogens with one attached hydrogen (secondary N) is 1. The van der Waals surface area contributed by atoms with Gasteiger partial charge in [-0.15, -0.1) is 11.8 Å². The lowest BCUT2D eigenvalue weighted by molar-refractivity contribution is -0.120. The van der Waals surface area contributed by atoms with Gasteiger partial charge in [0.15, 0.2) is 0 Å². The minimum absolute atomic E-state index is 0.0664. The number of benzene rings is 1. The predicted molar refractivity (Wildman–Crippen MR) is 73.1 cm³/mol. The Morgan fingerprint density at radius 3 is 2.94 bits per heavy atom. The number of carbonyl (C=O) groups is 1. The van der Waals surface area contributed by atoms with E-state index in [1.807, 2.05) is 18.4 Å². The van der Waals surface area contributed by atoms with Crippen LogP contribution >= 0.6 is 23.4 Å². The molecule has 0 aliphatic carbocycles. The third-order valence-electron chi connectivity index (χ3n) is 2.81. The van der Waals surface area contributed by atoms with Crippen LogP contribution < -0.4 is 5.32 Å². The van der Waals surface area contributed by atoms with Crippen LogP contribution in [-0.2, 0) is 4.79 Å². The molecule has 5 heteroatoms. The van der Waals surface area contributed by atoms with E-state index in [1.54, 1.807) is 12.1 Å². The van der Waals surface area contributed by atoms with E-state index >= 15 is 0 Å². The van der Waals surface area contributed by atoms with Crippen LogP contribution in [-0.4, -0.2) is 12.2 Å². The van der Waals surface area contributed by atoms with Gasteiger partial charge in [-0.1, -0.05) is 23.7 Å². The van der Waals surface area contributed by atoms with E-state index in [0.717, 1.165) is 5.56 Å². The first-order valence-electron chi connectivity index (χ1n) is 5.39. The number of carbonyl (C=O) groups excluding carboxylic acids is 1. The Kier molecular flexibility index (Phi) is 3.95. The normalized spacial score (nSPS) is 19.4. The molecule has 2 rings (SSSR count). The highest BCUT2D eigenvalue weighted by Gasteiger charge is 2.28. The third kappa shape index (κ3) is 2.53. The van der Waals surface area contributed by atoms with Crippen molar-refractivity contribution in [2.45, 2.75) is 12.3 Å². The first-order chi connectivity index (χ1) is 8.65. The molecule has 0 spiro atoms. The fraction of sp³-hybridized carbons (Fsp3) is 0.231. The van der Waals surface area contributed by atoms with Crippen LogP contribution in [0.2, 0.25) is 5.02 Å². The maximum Gasteiger partial charge on any atom is 0.225 e. The van der Waals surface area contributed by atoms with E-state index in [0.29, 0.717) is 15.6 Å². The summed E-state index contributed by atoms with van der Waals surface area (Å²) in [6.45, 7) is 0. The second-order valence-electron chi connectivity index (χ2n) is 3.92. The average molecular weight is 279 g/mol. The standard InChI is InChI=1S/C13H11ClN2OS/c1-18-13-11(7-15)10(6-12(17)16-13)8-3-2-4-9(14)5-8/h2-5,10H,6H2,1H3,(H,16,17). The van der Waals surface area contributed by atoms with Crippen molar-refractivity contribution in [2.24, 2.45) is 0 Å². The number of rotatable bonds is 2. The number of nitrogens with zero attached hydrogens (tertiary/aromatic N) is 1. The Labute approximate surface area is 115 Å². The SMILES string of the molecule is CSC1=C(C#N)C(c2cccc(Cl)c2)CC(=O)N1. The summed E-state index contributed by atoms with van der Waals surface area (Å²) in [6.07, 6.45) is 2.13. The Hall–Kier alpha value is -1.44. The molecule has 1 N–H and O–H groups in total. The molecule has 0 saturated carbocycles. The average Bonchev–Trinajstić information content (AvgIpc) is 2.37. The van der Waals surface area contributed by atoms with Crippen LogP contribution in [0.1, 0.15) is 17.9 Å². The number of hydrogen-bond acceptors (Lipinski definition) is 3. The molecule has 18 heavy (non-hydrogen) atoms. The number of allylic oxidation sites excluding steroid dienone is 1. The second-order valence-corrected chi connectivity index (χ2v) is 5.17. The minimum atomic E-state index is -0.204. The molecule has 1 aliphatic heterocycles. The molecule has 0 fully saturated rings. The van der Waals surface area contributed by atoms with Crippen molar-refractivity contribution >= 4 is 29.3 Å². The first kappa shape index (κ1) is 13.0. The summed E-state index contributed by atoms with van der Waals surface area (Å²) in [5, 5.41) is 13.3. The van der Waals surface area contributed by atoms with Crippen molar-refractivity contribution in [3.8, 4) is 6.07 Å². The van der Waals surface area contributed by atoms with Crippen LogP contribution in [0, 0.1) is 11.3 Å². The number of halogens is 1. The van der Waals surface area contributed by atoms with Crippen molar-refractivity contribution in [3.63, 3.8) is 0 Å². The lowest BCUT2D eigenvalue weighted by Crippen LogP contribution is -2.30. The topological polar surface area (TPSA) is 52.9 Å². The highest BCUT2D eigenvalue weighted by atomic mass is 35.5. The van der Waals surface area contributed by atoms with E-state index in [1.165, 1.54) is 11.8 Å². The number of amides is 1. The van der Waals surface area contributed by atoms with Crippen molar-refractivity contribution in [2.75, 3.05) is 6.26 Å². The van der Waals surface area contributed by atoms with Crippen molar-refractivity contribution in [1.29, 1.82) is 5.26 Å². The van der Waals surface area contributed by atoms with Crippen molar-refractivity contribution < 1.29 is 4.79 Å². The first-order valence-corrected chi connectivity index (χ1v) is 6.99. The van der Waals surface area contributed by atoms with Gasteiger partial charge in [0.2, 0.25) is 5.91 Å². The Balaban J connectivity index is 2.48. The van der Waals surface area contributed by atoms with E-state index in [2.05, 4.69) is 11.4 Å². The van der Waals surface area contributed by atoms with Crippen LogP contribution in [0.4, 0.5) is 0 Å². The number of thioether (sulfide) groups is 1. The van der Waals surface area contributed by atoms with Gasteiger partial charge >= 0.3 is 0 Å². The predicted octanol–water partition coefficient (Wildman–Crippen LogP) is 3.04. The van der Waals surface area contributed by atoms with Gasteiger partial charge in [0.1, 0.15) is 0 Å². The zero-order valence-electron chi connectivity index (χ0n) is 9.74. The molecule has 1 unspecified atom stereocenters. The number of nitriles is 1. The quantitative estimate of drug-likeness (QED) is 0.905. The maximum atomic E-state index is 11.7. The summed E-state index contributed by atoms with van der Waals surface area (Å²) in [5.41, 5.74) is 1.50. The van der Waals surface area contributed by atoms with Crippen LogP contribution in [0.5, 0.6) is 0 Å². The summed E-state index contributed by atoms with van der Waals surface area (Å²) in [4.78, 5) is 11.7. The van der Waals surface area contributed by atoms with Gasteiger partial charge in [-0.25, -0.2) is 0 Å². The van der Waals surface area contributed by atoms with Gasteiger partial charge < -0.3 is 5.32 Å². The van der Waals surface area contributed by atoms with Gasteiger partial charge in [0.05, 0.1) is 16.7 Å². The maximum absolute atomic E-state index is 11.7. The molecule has 3 nitrogen and oxygen atoms in total. The van der Waals surface area contributed by atoms with Crippen molar-refractivity contribution in [1.82, 2.24) is 5.32 Å². The van der Waals surface area contributed by atoms with Gasteiger partial charge in [-0.2, -0.15) is 5.26 Å². The monoisotopic (exact) mass is 278 g/mol. The second kappa shape index (κ2) is 5.47. The van der Waals surface area contributed by atoms with Crippen molar-refractivity contribution in [3.05, 3.63) is 45.5 Å². The third-order valence-corrected chi connectivity index (χ3v) is 3.78. The van der Waals surface area contributed by atoms with E-state index in [-0.39, 0.29) is 18.2 Å². The molecular formula is C13H11ClN2OS. The minimum Gasteiger partial charge on any atom is -0.320 e. The van der Waals surface area contributed by atoms with Crippen LogP contribution in [0.25, 0.3) is 0 Å². The van der Waals surface area contributed by atoms with Crippen LogP contribution in [0.15, 0.2) is 34.9 Å². The summed E-state index contributed by atoms with van der Waals surface area (Å²) in [5.74, 6) is -0.270. The molecule has 1 aromatic carbocycles. The summed E-state index contributed by atoms with van der Waals surface area (Å²) >= 11 is 7.33. The Morgan fingerprint density at radius 2 is 2.33 bits per heavy atom. The molecule has 1 aromatic rings. The van der Waals surface area contributed by atoms with E-state index < -0.39 is 0 Å². The number of hydrogen-bond donors (Lipinski definition) is 1. The molecule has 1 atom stereocenters. The van der Waals surface area contributed by atoms with Gasteiger partial charge in [-0.05, 0) is 24.0 Å². The molecule has 0 aromatic heterocycles. The molecule has 0 saturated heterocycles. The largest absolute Gasteiger partial charge is 0.320 e. The Morgan fingerprint density at radius 1 is 1.56 bits per heavy atom. The summed E-state index contributed by atoms with van der Waals surface area (Å²) < 4.78 is 0. The Bertz CT molecular complexity index is 562.